The van der Waals surface area contributed by atoms with Gasteiger partial charge in [0.15, 0.2) is 0 Å². The van der Waals surface area contributed by atoms with E-state index in [2.05, 4.69) is 0 Å². The summed E-state index contributed by atoms with van der Waals surface area (Å²) in [5, 5.41) is 0. The van der Waals surface area contributed by atoms with E-state index in [4.69, 9.17) is 14.2 Å². The summed E-state index contributed by atoms with van der Waals surface area (Å²) in [6, 6.07) is 0. The lowest BCUT2D eigenvalue weighted by Crippen LogP contribution is -2.39. The normalized spacial score (nSPS) is 32.5. The number of hydrogen-bond acceptors (Lipinski definition) is 6. The van der Waals surface area contributed by atoms with Crippen molar-refractivity contribution in [2.75, 3.05) is 19.8 Å². The van der Waals surface area contributed by atoms with Crippen molar-refractivity contribution in [2.24, 2.45) is 29.6 Å². The van der Waals surface area contributed by atoms with E-state index in [1.807, 2.05) is 0 Å². The highest BCUT2D eigenvalue weighted by atomic mass is 16.5. The molecule has 0 bridgehead atoms. The first-order chi connectivity index (χ1) is 12.0. The molecular formula is C19H26O6. The molecule has 0 aromatic heterocycles. The van der Waals surface area contributed by atoms with Crippen molar-refractivity contribution in [1.82, 2.24) is 0 Å². The van der Waals surface area contributed by atoms with Gasteiger partial charge in [-0.15, -0.1) is 0 Å². The van der Waals surface area contributed by atoms with Gasteiger partial charge >= 0.3 is 17.9 Å². The third-order valence-electron chi connectivity index (χ3n) is 5.74. The summed E-state index contributed by atoms with van der Waals surface area (Å²) in [6.07, 6.45) is 2.21. The van der Waals surface area contributed by atoms with E-state index in [0.717, 1.165) is 18.4 Å². The minimum absolute atomic E-state index is 0.0830. The van der Waals surface area contributed by atoms with Crippen molar-refractivity contribution in [3.8, 4) is 0 Å². The van der Waals surface area contributed by atoms with Crippen LogP contribution in [0, 0.1) is 29.6 Å². The van der Waals surface area contributed by atoms with Crippen LogP contribution in [-0.4, -0.2) is 37.7 Å². The molecule has 25 heavy (non-hydrogen) atoms. The number of carbonyl (C=O) groups excluding carboxylic acids is 3. The molecule has 3 rings (SSSR count). The average Bonchev–Trinajstić information content (AvgIpc) is 3.09. The van der Waals surface area contributed by atoms with Gasteiger partial charge in [-0.1, -0.05) is 11.1 Å². The van der Waals surface area contributed by atoms with Crippen LogP contribution in [-0.2, 0) is 28.6 Å². The van der Waals surface area contributed by atoms with Gasteiger partial charge in [-0.2, -0.15) is 0 Å². The van der Waals surface area contributed by atoms with Crippen molar-refractivity contribution in [1.29, 1.82) is 0 Å². The van der Waals surface area contributed by atoms with E-state index in [1.54, 1.807) is 20.8 Å². The molecular weight excluding hydrogens is 324 g/mol. The number of allylic oxidation sites excluding steroid dienone is 1. The molecule has 6 heteroatoms. The Morgan fingerprint density at radius 3 is 2.16 bits per heavy atom. The van der Waals surface area contributed by atoms with E-state index in [0.29, 0.717) is 19.6 Å². The maximum Gasteiger partial charge on any atom is 0.313 e. The highest BCUT2D eigenvalue weighted by Crippen LogP contribution is 2.63. The van der Waals surface area contributed by atoms with Gasteiger partial charge in [0.25, 0.3) is 0 Å². The van der Waals surface area contributed by atoms with Crippen molar-refractivity contribution >= 4 is 17.9 Å². The Morgan fingerprint density at radius 1 is 0.920 bits per heavy atom. The Balaban J connectivity index is 1.85. The van der Waals surface area contributed by atoms with E-state index in [-0.39, 0.29) is 42.3 Å². The topological polar surface area (TPSA) is 78.9 Å². The fourth-order valence-electron chi connectivity index (χ4n) is 4.94. The SMILES string of the molecule is CCOC(=O)C1CCC2=C1C1C2CC(C(=O)OCC)C1C(=O)OCC. The first-order valence-electron chi connectivity index (χ1n) is 9.27. The predicted octanol–water partition coefficient (Wildman–Crippen LogP) is 2.26. The molecule has 6 nitrogen and oxygen atoms in total. The minimum atomic E-state index is -0.544. The van der Waals surface area contributed by atoms with Crippen LogP contribution in [0.2, 0.25) is 0 Å². The summed E-state index contributed by atoms with van der Waals surface area (Å²) in [4.78, 5) is 37.2. The lowest BCUT2D eigenvalue weighted by Gasteiger charge is -2.38. The maximum atomic E-state index is 12.6. The molecule has 0 aromatic carbocycles. The zero-order chi connectivity index (χ0) is 18.1. The molecule has 0 radical (unpaired) electrons. The third-order valence-corrected chi connectivity index (χ3v) is 5.74. The number of esters is 3. The third kappa shape index (κ3) is 2.85. The second-order valence-corrected chi connectivity index (χ2v) is 6.83. The van der Waals surface area contributed by atoms with E-state index in [1.165, 1.54) is 5.57 Å². The zero-order valence-corrected chi connectivity index (χ0v) is 15.1. The Labute approximate surface area is 147 Å². The van der Waals surface area contributed by atoms with Gasteiger partial charge in [0, 0.05) is 5.92 Å². The van der Waals surface area contributed by atoms with Crippen molar-refractivity contribution in [3.05, 3.63) is 11.1 Å². The van der Waals surface area contributed by atoms with Crippen molar-refractivity contribution in [2.45, 2.75) is 40.0 Å². The summed E-state index contributed by atoms with van der Waals surface area (Å²) in [7, 11) is 0. The summed E-state index contributed by atoms with van der Waals surface area (Å²) >= 11 is 0. The monoisotopic (exact) mass is 350 g/mol. The number of ether oxygens (including phenoxy) is 3. The number of fused-ring (bicyclic) bond motifs is 3. The van der Waals surface area contributed by atoms with Gasteiger partial charge < -0.3 is 14.2 Å². The Hall–Kier alpha value is -1.85. The molecule has 0 N–H and O–H groups in total. The predicted molar refractivity (Wildman–Crippen MR) is 88.2 cm³/mol. The summed E-state index contributed by atoms with van der Waals surface area (Å²) in [6.45, 7) is 6.22. The summed E-state index contributed by atoms with van der Waals surface area (Å²) in [5.41, 5.74) is 2.29. The molecule has 3 aliphatic rings. The molecule has 0 aromatic rings. The molecule has 5 atom stereocenters. The summed E-state index contributed by atoms with van der Waals surface area (Å²) in [5.74, 6) is -2.09. The number of hydrogen-bond donors (Lipinski definition) is 0. The average molecular weight is 350 g/mol. The van der Waals surface area contributed by atoms with Gasteiger partial charge in [0.05, 0.1) is 37.6 Å². The van der Waals surface area contributed by atoms with Crippen LogP contribution in [0.1, 0.15) is 40.0 Å². The lowest BCUT2D eigenvalue weighted by molar-refractivity contribution is -0.160. The Morgan fingerprint density at radius 2 is 1.52 bits per heavy atom. The van der Waals surface area contributed by atoms with Gasteiger partial charge in [-0.25, -0.2) is 0 Å². The molecule has 0 amide bonds. The van der Waals surface area contributed by atoms with Gasteiger partial charge in [0.2, 0.25) is 0 Å². The van der Waals surface area contributed by atoms with Crippen LogP contribution in [0.15, 0.2) is 11.1 Å². The summed E-state index contributed by atoms with van der Waals surface area (Å²) < 4.78 is 15.6. The van der Waals surface area contributed by atoms with Crippen molar-refractivity contribution in [3.63, 3.8) is 0 Å². The van der Waals surface area contributed by atoms with Crippen molar-refractivity contribution < 1.29 is 28.6 Å². The molecule has 5 unspecified atom stereocenters. The zero-order valence-electron chi connectivity index (χ0n) is 15.1. The van der Waals surface area contributed by atoms with Gasteiger partial charge in [-0.05, 0) is 46.0 Å². The molecule has 3 aliphatic carbocycles. The molecule has 138 valence electrons. The van der Waals surface area contributed by atoms with E-state index >= 15 is 0 Å². The first-order valence-corrected chi connectivity index (χ1v) is 9.27. The van der Waals surface area contributed by atoms with Crippen LogP contribution in [0.25, 0.3) is 0 Å². The highest BCUT2D eigenvalue weighted by Gasteiger charge is 2.62. The number of rotatable bonds is 6. The highest BCUT2D eigenvalue weighted by molar-refractivity contribution is 5.86. The smallest absolute Gasteiger partial charge is 0.313 e. The van der Waals surface area contributed by atoms with Crippen LogP contribution < -0.4 is 0 Å². The van der Waals surface area contributed by atoms with Crippen LogP contribution >= 0.6 is 0 Å². The molecule has 0 heterocycles. The van der Waals surface area contributed by atoms with Crippen LogP contribution in [0.5, 0.6) is 0 Å². The maximum absolute atomic E-state index is 12.6. The van der Waals surface area contributed by atoms with Gasteiger partial charge in [0.1, 0.15) is 0 Å². The quantitative estimate of drug-likeness (QED) is 0.415. The molecule has 1 saturated carbocycles. The largest absolute Gasteiger partial charge is 0.466 e. The Bertz CT molecular complexity index is 607. The first kappa shape index (κ1) is 18.0. The molecule has 0 saturated heterocycles. The molecule has 0 aliphatic heterocycles. The van der Waals surface area contributed by atoms with Crippen LogP contribution in [0.3, 0.4) is 0 Å². The number of carbonyl (C=O) groups is 3. The fourth-order valence-corrected chi connectivity index (χ4v) is 4.94. The molecule has 1 fully saturated rings. The molecule has 0 spiro atoms. The standard InChI is InChI=1S/C19H26O6/c1-4-23-17(20)11-8-7-10-12-9-13(18(21)24-5-2)16(15(12)14(10)11)19(22)25-6-3/h11-13,15-16H,4-9H2,1-3H3. The Kier molecular flexibility index (Phi) is 5.16. The second-order valence-electron chi connectivity index (χ2n) is 6.83. The second kappa shape index (κ2) is 7.18. The fraction of sp³-hybridized carbons (Fsp3) is 0.737. The minimum Gasteiger partial charge on any atom is -0.466 e. The van der Waals surface area contributed by atoms with Gasteiger partial charge in [-0.3, -0.25) is 14.4 Å². The lowest BCUT2D eigenvalue weighted by atomic mass is 9.66. The van der Waals surface area contributed by atoms with Crippen LogP contribution in [0.4, 0.5) is 0 Å². The van der Waals surface area contributed by atoms with E-state index < -0.39 is 11.8 Å². The van der Waals surface area contributed by atoms with E-state index in [9.17, 15) is 14.4 Å².